The third kappa shape index (κ3) is 3.64. The van der Waals surface area contributed by atoms with Gasteiger partial charge in [0.05, 0.1) is 17.9 Å². The zero-order chi connectivity index (χ0) is 17.1. The highest BCUT2D eigenvalue weighted by Gasteiger charge is 2.28. The Kier molecular flexibility index (Phi) is 5.23. The standard InChI is InChI=1S/C19H23N3OS/c1-20(2)12-13-21(3)14-19(23)22-15-8-4-6-10-17(15)24-18-11-7-5-9-16(18)22/h4-11H,12-14H2,1-3H3. The predicted octanol–water partition coefficient (Wildman–Crippen LogP) is 3.31. The van der Waals surface area contributed by atoms with Crippen LogP contribution < -0.4 is 4.90 Å². The van der Waals surface area contributed by atoms with E-state index in [0.29, 0.717) is 6.54 Å². The second kappa shape index (κ2) is 7.38. The average Bonchev–Trinajstić information content (AvgIpc) is 2.57. The molecule has 0 spiro atoms. The number of nitrogens with zero attached hydrogens (tertiary/aromatic N) is 3. The van der Waals surface area contributed by atoms with Crippen molar-refractivity contribution < 1.29 is 4.79 Å². The minimum absolute atomic E-state index is 0.108. The summed E-state index contributed by atoms with van der Waals surface area (Å²) < 4.78 is 0. The maximum atomic E-state index is 13.0. The number of para-hydroxylation sites is 2. The molecule has 1 heterocycles. The molecule has 0 bridgehead atoms. The summed E-state index contributed by atoms with van der Waals surface area (Å²) in [6.45, 7) is 2.21. The van der Waals surface area contributed by atoms with E-state index in [1.165, 1.54) is 0 Å². The molecule has 1 amide bonds. The van der Waals surface area contributed by atoms with Crippen LogP contribution in [0.2, 0.25) is 0 Å². The van der Waals surface area contributed by atoms with Gasteiger partial charge in [-0.3, -0.25) is 14.6 Å². The van der Waals surface area contributed by atoms with Crippen molar-refractivity contribution in [3.63, 3.8) is 0 Å². The van der Waals surface area contributed by atoms with Crippen LogP contribution in [0.5, 0.6) is 0 Å². The first-order valence-corrected chi connectivity index (χ1v) is 8.90. The fourth-order valence-corrected chi connectivity index (χ4v) is 3.78. The summed E-state index contributed by atoms with van der Waals surface area (Å²) in [5, 5.41) is 0. The highest BCUT2D eigenvalue weighted by Crippen LogP contribution is 2.47. The number of benzene rings is 2. The van der Waals surface area contributed by atoms with Crippen molar-refractivity contribution in [1.29, 1.82) is 0 Å². The predicted molar refractivity (Wildman–Crippen MR) is 100 cm³/mol. The van der Waals surface area contributed by atoms with Crippen molar-refractivity contribution in [2.75, 3.05) is 45.7 Å². The van der Waals surface area contributed by atoms with Crippen LogP contribution in [0.3, 0.4) is 0 Å². The molecule has 0 unspecified atom stereocenters. The summed E-state index contributed by atoms with van der Waals surface area (Å²) in [4.78, 5) is 21.4. The van der Waals surface area contributed by atoms with Gasteiger partial charge in [0.1, 0.15) is 0 Å². The van der Waals surface area contributed by atoms with Gasteiger partial charge in [-0.15, -0.1) is 0 Å². The molecule has 3 rings (SSSR count). The third-order valence-corrected chi connectivity index (χ3v) is 5.15. The highest BCUT2D eigenvalue weighted by atomic mass is 32.2. The molecule has 4 nitrogen and oxygen atoms in total. The van der Waals surface area contributed by atoms with E-state index in [1.54, 1.807) is 11.8 Å². The Labute approximate surface area is 148 Å². The van der Waals surface area contributed by atoms with Crippen molar-refractivity contribution in [1.82, 2.24) is 9.80 Å². The van der Waals surface area contributed by atoms with E-state index in [0.717, 1.165) is 34.3 Å². The minimum Gasteiger partial charge on any atom is -0.308 e. The van der Waals surface area contributed by atoms with Crippen LogP contribution in [0.15, 0.2) is 58.3 Å². The van der Waals surface area contributed by atoms with Crippen molar-refractivity contribution in [2.24, 2.45) is 0 Å². The Balaban J connectivity index is 1.85. The maximum Gasteiger partial charge on any atom is 0.245 e. The first kappa shape index (κ1) is 17.0. The lowest BCUT2D eigenvalue weighted by molar-refractivity contribution is -0.118. The molecule has 0 saturated carbocycles. The monoisotopic (exact) mass is 341 g/mol. The first-order chi connectivity index (χ1) is 11.6. The normalized spacial score (nSPS) is 13.1. The zero-order valence-corrected chi connectivity index (χ0v) is 15.2. The molecule has 5 heteroatoms. The highest BCUT2D eigenvalue weighted by molar-refractivity contribution is 7.99. The number of carbonyl (C=O) groups excluding carboxylic acids is 1. The van der Waals surface area contributed by atoms with Crippen LogP contribution in [0.25, 0.3) is 0 Å². The van der Waals surface area contributed by atoms with E-state index in [2.05, 4.69) is 21.9 Å². The van der Waals surface area contributed by atoms with Gasteiger partial charge in [0, 0.05) is 22.9 Å². The minimum atomic E-state index is 0.108. The molecular formula is C19H23N3OS. The van der Waals surface area contributed by atoms with Crippen LogP contribution in [0.4, 0.5) is 11.4 Å². The summed E-state index contributed by atoms with van der Waals surface area (Å²) in [5.74, 6) is 0.108. The summed E-state index contributed by atoms with van der Waals surface area (Å²) in [6.07, 6.45) is 0. The lowest BCUT2D eigenvalue weighted by atomic mass is 10.2. The Morgan fingerprint density at radius 1 is 0.917 bits per heavy atom. The molecule has 0 saturated heterocycles. The molecule has 2 aromatic carbocycles. The molecule has 1 aliphatic heterocycles. The molecule has 0 atom stereocenters. The summed E-state index contributed by atoms with van der Waals surface area (Å²) in [6, 6.07) is 16.2. The van der Waals surface area contributed by atoms with Crippen LogP contribution in [-0.2, 0) is 4.79 Å². The van der Waals surface area contributed by atoms with E-state index < -0.39 is 0 Å². The molecule has 0 fully saturated rings. The number of carbonyl (C=O) groups is 1. The number of likely N-dealkylation sites (N-methyl/N-ethyl adjacent to an activating group) is 2. The van der Waals surface area contributed by atoms with Gasteiger partial charge < -0.3 is 4.90 Å². The van der Waals surface area contributed by atoms with Crippen LogP contribution in [-0.4, -0.2) is 56.5 Å². The SMILES string of the molecule is CN(C)CCN(C)CC(=O)N1c2ccccc2Sc2ccccc21. The quantitative estimate of drug-likeness (QED) is 0.834. The van der Waals surface area contributed by atoms with E-state index in [4.69, 9.17) is 0 Å². The Hall–Kier alpha value is -1.82. The van der Waals surface area contributed by atoms with Gasteiger partial charge in [-0.25, -0.2) is 0 Å². The van der Waals surface area contributed by atoms with Crippen LogP contribution in [0, 0.1) is 0 Å². The van der Waals surface area contributed by atoms with Gasteiger partial charge in [-0.05, 0) is 45.4 Å². The van der Waals surface area contributed by atoms with Crippen molar-refractivity contribution >= 4 is 29.0 Å². The van der Waals surface area contributed by atoms with Gasteiger partial charge in [-0.1, -0.05) is 36.0 Å². The molecule has 0 aliphatic carbocycles. The summed E-state index contributed by atoms with van der Waals surface area (Å²) in [7, 11) is 6.09. The van der Waals surface area contributed by atoms with Gasteiger partial charge in [0.2, 0.25) is 5.91 Å². The molecule has 0 aromatic heterocycles. The molecule has 2 aromatic rings. The van der Waals surface area contributed by atoms with Crippen LogP contribution in [0.1, 0.15) is 0 Å². The molecule has 0 N–H and O–H groups in total. The fraction of sp³-hybridized carbons (Fsp3) is 0.316. The fourth-order valence-electron chi connectivity index (χ4n) is 2.72. The summed E-state index contributed by atoms with van der Waals surface area (Å²) in [5.41, 5.74) is 1.96. The number of rotatable bonds is 5. The van der Waals surface area contributed by atoms with Crippen LogP contribution >= 0.6 is 11.8 Å². The Bertz CT molecular complexity index is 687. The van der Waals surface area contributed by atoms with Gasteiger partial charge >= 0.3 is 0 Å². The number of amides is 1. The third-order valence-electron chi connectivity index (χ3n) is 4.02. The number of hydrogen-bond acceptors (Lipinski definition) is 4. The zero-order valence-electron chi connectivity index (χ0n) is 14.4. The first-order valence-electron chi connectivity index (χ1n) is 8.08. The molecule has 0 radical (unpaired) electrons. The lowest BCUT2D eigenvalue weighted by Gasteiger charge is -2.32. The number of hydrogen-bond donors (Lipinski definition) is 0. The number of anilines is 2. The maximum absolute atomic E-state index is 13.0. The van der Waals surface area contributed by atoms with E-state index >= 15 is 0 Å². The Morgan fingerprint density at radius 3 is 2.00 bits per heavy atom. The van der Waals surface area contributed by atoms with E-state index in [-0.39, 0.29) is 5.91 Å². The molecular weight excluding hydrogens is 318 g/mol. The molecule has 1 aliphatic rings. The van der Waals surface area contributed by atoms with Gasteiger partial charge in [-0.2, -0.15) is 0 Å². The average molecular weight is 341 g/mol. The number of fused-ring (bicyclic) bond motifs is 2. The lowest BCUT2D eigenvalue weighted by Crippen LogP contribution is -2.39. The van der Waals surface area contributed by atoms with Crippen molar-refractivity contribution in [2.45, 2.75) is 9.79 Å². The van der Waals surface area contributed by atoms with Gasteiger partial charge in [0.25, 0.3) is 0 Å². The van der Waals surface area contributed by atoms with Crippen molar-refractivity contribution in [3.05, 3.63) is 48.5 Å². The molecule has 24 heavy (non-hydrogen) atoms. The largest absolute Gasteiger partial charge is 0.308 e. The van der Waals surface area contributed by atoms with Gasteiger partial charge in [0.15, 0.2) is 0 Å². The van der Waals surface area contributed by atoms with E-state index in [1.807, 2.05) is 62.4 Å². The smallest absolute Gasteiger partial charge is 0.245 e. The van der Waals surface area contributed by atoms with Crippen molar-refractivity contribution in [3.8, 4) is 0 Å². The Morgan fingerprint density at radius 2 is 1.46 bits per heavy atom. The molecule has 126 valence electrons. The second-order valence-corrected chi connectivity index (χ2v) is 7.39. The van der Waals surface area contributed by atoms with E-state index in [9.17, 15) is 4.79 Å². The second-order valence-electron chi connectivity index (χ2n) is 6.31. The topological polar surface area (TPSA) is 26.8 Å². The summed E-state index contributed by atoms with van der Waals surface area (Å²) >= 11 is 1.72.